The van der Waals surface area contributed by atoms with Gasteiger partial charge in [0.1, 0.15) is 5.58 Å². The van der Waals surface area contributed by atoms with E-state index in [1.54, 1.807) is 0 Å². The van der Waals surface area contributed by atoms with Crippen molar-refractivity contribution in [2.24, 2.45) is 0 Å². The van der Waals surface area contributed by atoms with Gasteiger partial charge >= 0.3 is 0 Å². The van der Waals surface area contributed by atoms with Crippen molar-refractivity contribution >= 4 is 88.4 Å². The van der Waals surface area contributed by atoms with Gasteiger partial charge in [-0.2, -0.15) is 0 Å². The third-order valence-electron chi connectivity index (χ3n) is 17.6. The highest BCUT2D eigenvalue weighted by Gasteiger charge is 2.49. The van der Waals surface area contributed by atoms with E-state index in [-0.39, 0.29) is 0 Å². The fourth-order valence-electron chi connectivity index (χ4n) is 13.6. The van der Waals surface area contributed by atoms with Crippen molar-refractivity contribution in [2.45, 2.75) is 19.3 Å². The molecule has 84 heavy (non-hydrogen) atoms. The highest BCUT2D eigenvalue weighted by molar-refractivity contribution is 6.24. The van der Waals surface area contributed by atoms with Crippen LogP contribution in [0.5, 0.6) is 0 Å². The van der Waals surface area contributed by atoms with Crippen LogP contribution >= 0.6 is 0 Å². The van der Waals surface area contributed by atoms with Gasteiger partial charge in [0, 0.05) is 38.9 Å². The molecule has 0 N–H and O–H groups in total. The quantitative estimate of drug-likeness (QED) is 0.136. The van der Waals surface area contributed by atoms with Crippen molar-refractivity contribution in [1.82, 2.24) is 0 Å². The van der Waals surface area contributed by atoms with Crippen LogP contribution in [-0.2, 0) is 5.41 Å². The summed E-state index contributed by atoms with van der Waals surface area (Å²) in [6, 6.07) is 112. The van der Waals surface area contributed by atoms with E-state index < -0.39 is 5.41 Å². The molecule has 0 atom stereocenters. The van der Waals surface area contributed by atoms with Crippen LogP contribution in [0.25, 0.3) is 87.6 Å². The Morgan fingerprint density at radius 1 is 0.298 bits per heavy atom. The molecule has 1 aromatic heterocycles. The molecule has 0 saturated carbocycles. The molecule has 0 amide bonds. The van der Waals surface area contributed by atoms with Gasteiger partial charge in [0.25, 0.3) is 0 Å². The summed E-state index contributed by atoms with van der Waals surface area (Å²) in [5.41, 5.74) is 21.4. The predicted molar refractivity (Wildman–Crippen MR) is 353 cm³/mol. The Labute approximate surface area is 489 Å². The maximum absolute atomic E-state index is 7.40. The fourth-order valence-corrected chi connectivity index (χ4v) is 13.6. The number of nitrogens with zero attached hydrogens (tertiary/aromatic N) is 2. The van der Waals surface area contributed by atoms with Gasteiger partial charge in [0.2, 0.25) is 0 Å². The first-order valence-electron chi connectivity index (χ1n) is 29.0. The van der Waals surface area contributed by atoms with Gasteiger partial charge in [-0.05, 0) is 175 Å². The lowest BCUT2D eigenvalue weighted by molar-refractivity contribution is 0.668. The van der Waals surface area contributed by atoms with Gasteiger partial charge in [-0.25, -0.2) is 0 Å². The molecule has 0 radical (unpaired) electrons. The molecule has 0 unspecified atom stereocenters. The third-order valence-corrected chi connectivity index (χ3v) is 17.6. The van der Waals surface area contributed by atoms with Crippen LogP contribution in [0.3, 0.4) is 0 Å². The highest BCUT2D eigenvalue weighted by atomic mass is 16.3. The first kappa shape index (κ1) is 49.1. The molecule has 1 aliphatic carbocycles. The van der Waals surface area contributed by atoms with Crippen molar-refractivity contribution in [3.63, 3.8) is 0 Å². The van der Waals surface area contributed by atoms with E-state index in [0.717, 1.165) is 67.0 Å². The second kappa shape index (κ2) is 19.8. The Hall–Kier alpha value is -10.7. The molecule has 0 bridgehead atoms. The van der Waals surface area contributed by atoms with E-state index in [1.807, 2.05) is 0 Å². The number of furan rings is 1. The largest absolute Gasteiger partial charge is 0.454 e. The second-order valence-electron chi connectivity index (χ2n) is 22.5. The minimum atomic E-state index is -0.828. The average molecular weight is 1070 g/mol. The Balaban J connectivity index is 0.987. The summed E-state index contributed by atoms with van der Waals surface area (Å²) in [4.78, 5) is 4.90. The van der Waals surface area contributed by atoms with E-state index >= 15 is 0 Å². The zero-order valence-electron chi connectivity index (χ0n) is 46.7. The first-order valence-corrected chi connectivity index (χ1v) is 29.0. The topological polar surface area (TPSA) is 19.6 Å². The molecule has 16 rings (SSSR count). The molecule has 0 aliphatic heterocycles. The maximum atomic E-state index is 7.40. The summed E-state index contributed by atoms with van der Waals surface area (Å²) in [5, 5.41) is 9.41. The fraction of sp³-hybridized carbons (Fsp3) is 0.0370. The highest BCUT2D eigenvalue weighted by Crippen LogP contribution is 2.64. The number of hydrogen-bond donors (Lipinski definition) is 0. The van der Waals surface area contributed by atoms with Crippen LogP contribution in [0.4, 0.5) is 34.1 Å². The normalized spacial score (nSPS) is 12.5. The SMILES string of the molecule is Cc1ccc(N(c2ccc(-c3ccc4ccccc4c3)cc2)c2cc3c(c4ccccc24)-c2c(cc(N(c4ccc(C)cc4)c4ccc(-c5ccc6ccccc6c5)cc4)c4oc5ccccc5c24)C3(c2ccccc2)c2ccccc2)cc1. The number of rotatable bonds is 10. The molecule has 396 valence electrons. The number of hydrogen-bond acceptors (Lipinski definition) is 3. The Morgan fingerprint density at radius 2 is 0.690 bits per heavy atom. The van der Waals surface area contributed by atoms with Crippen LogP contribution in [0.2, 0.25) is 0 Å². The number of benzene rings is 14. The molecule has 1 heterocycles. The monoisotopic (exact) mass is 1070 g/mol. The molecule has 3 nitrogen and oxygen atoms in total. The Kier molecular flexibility index (Phi) is 11.6. The van der Waals surface area contributed by atoms with Crippen molar-refractivity contribution in [1.29, 1.82) is 0 Å². The molecular formula is C81H56N2O. The summed E-state index contributed by atoms with van der Waals surface area (Å²) < 4.78 is 7.40. The summed E-state index contributed by atoms with van der Waals surface area (Å²) in [7, 11) is 0. The molecule has 3 heteroatoms. The predicted octanol–water partition coefficient (Wildman–Crippen LogP) is 22.3. The molecule has 14 aromatic carbocycles. The lowest BCUT2D eigenvalue weighted by Crippen LogP contribution is -2.29. The summed E-state index contributed by atoms with van der Waals surface area (Å²) in [6.07, 6.45) is 0. The zero-order valence-corrected chi connectivity index (χ0v) is 46.7. The third kappa shape index (κ3) is 7.88. The van der Waals surface area contributed by atoms with Gasteiger partial charge in [0.05, 0.1) is 16.8 Å². The number of aryl methyl sites for hydroxylation is 2. The lowest BCUT2D eigenvalue weighted by Gasteiger charge is -2.36. The molecule has 0 saturated heterocycles. The van der Waals surface area contributed by atoms with E-state index in [2.05, 4.69) is 327 Å². The van der Waals surface area contributed by atoms with Crippen molar-refractivity contribution in [3.8, 4) is 33.4 Å². The van der Waals surface area contributed by atoms with E-state index in [0.29, 0.717) is 0 Å². The molecular weight excluding hydrogens is 1020 g/mol. The van der Waals surface area contributed by atoms with Gasteiger partial charge in [0.15, 0.2) is 5.58 Å². The number of anilines is 6. The number of para-hydroxylation sites is 1. The summed E-state index contributed by atoms with van der Waals surface area (Å²) in [6.45, 7) is 4.32. The molecule has 1 aliphatic rings. The zero-order chi connectivity index (χ0) is 55.9. The molecule has 0 spiro atoms. The van der Waals surface area contributed by atoms with E-state index in [1.165, 1.54) is 88.1 Å². The average Bonchev–Trinajstić information content (AvgIpc) is 1.52. The molecule has 0 fully saturated rings. The van der Waals surface area contributed by atoms with E-state index in [9.17, 15) is 0 Å². The van der Waals surface area contributed by atoms with Crippen LogP contribution in [0.1, 0.15) is 33.4 Å². The van der Waals surface area contributed by atoms with Gasteiger partial charge < -0.3 is 14.2 Å². The van der Waals surface area contributed by atoms with Gasteiger partial charge in [-0.1, -0.05) is 236 Å². The molecule has 15 aromatic rings. The van der Waals surface area contributed by atoms with Crippen molar-refractivity contribution in [3.05, 3.63) is 337 Å². The first-order chi connectivity index (χ1) is 41.5. The number of fused-ring (bicyclic) bond motifs is 11. The van der Waals surface area contributed by atoms with Crippen molar-refractivity contribution in [2.75, 3.05) is 9.80 Å². The van der Waals surface area contributed by atoms with Crippen LogP contribution in [0, 0.1) is 13.8 Å². The van der Waals surface area contributed by atoms with Crippen molar-refractivity contribution < 1.29 is 4.42 Å². The minimum absolute atomic E-state index is 0.828. The van der Waals surface area contributed by atoms with E-state index in [4.69, 9.17) is 4.42 Å². The second-order valence-corrected chi connectivity index (χ2v) is 22.5. The van der Waals surface area contributed by atoms with Crippen LogP contribution < -0.4 is 9.80 Å². The van der Waals surface area contributed by atoms with Crippen LogP contribution in [-0.4, -0.2) is 0 Å². The summed E-state index contributed by atoms with van der Waals surface area (Å²) >= 11 is 0. The maximum Gasteiger partial charge on any atom is 0.160 e. The lowest BCUT2D eigenvalue weighted by atomic mass is 9.67. The van der Waals surface area contributed by atoms with Gasteiger partial charge in [-0.3, -0.25) is 0 Å². The Bertz CT molecular complexity index is 4970. The Morgan fingerprint density at radius 3 is 1.21 bits per heavy atom. The standard InChI is InChI=1S/C81H56N2O/c1-53-29-41-65(42-30-53)82(67-45-37-57(38-46-67)61-35-33-55-17-9-11-19-59(55)49-61)74-51-72-77(70-26-14-13-25-69(70)74)79-73(81(72,63-21-5-3-6-22-63)64-23-7-4-8-24-64)52-75(80-78(79)71-27-15-16-28-76(71)84-80)83(66-43-31-54(2)32-44-66)68-47-39-58(40-48-68)62-36-34-56-18-10-12-20-60(56)50-62/h3-52H,1-2H3. The minimum Gasteiger partial charge on any atom is -0.454 e. The van der Waals surface area contributed by atoms with Crippen LogP contribution in [0.15, 0.2) is 308 Å². The van der Waals surface area contributed by atoms with Gasteiger partial charge in [-0.15, -0.1) is 0 Å². The smallest absolute Gasteiger partial charge is 0.160 e. The summed E-state index contributed by atoms with van der Waals surface area (Å²) in [5.74, 6) is 0.